The summed E-state index contributed by atoms with van der Waals surface area (Å²) in [6, 6.07) is 3.32. The predicted octanol–water partition coefficient (Wildman–Crippen LogP) is 3.96. The van der Waals surface area contributed by atoms with Crippen molar-refractivity contribution in [2.75, 3.05) is 26.1 Å². The van der Waals surface area contributed by atoms with Crippen molar-refractivity contribution in [1.29, 1.82) is 0 Å². The molecular formula is C19H22ClN3O3. The van der Waals surface area contributed by atoms with E-state index >= 15 is 0 Å². The molecule has 138 valence electrons. The molecule has 0 unspecified atom stereocenters. The molecule has 6 nitrogen and oxygen atoms in total. The quantitative estimate of drug-likeness (QED) is 0.878. The number of hydrogen-bond donors (Lipinski definition) is 1. The number of urea groups is 1. The minimum atomic E-state index is -0.259. The van der Waals surface area contributed by atoms with E-state index in [1.165, 1.54) is 0 Å². The molecule has 7 heteroatoms. The minimum absolute atomic E-state index is 0.259. The van der Waals surface area contributed by atoms with Gasteiger partial charge in [-0.3, -0.25) is 4.98 Å². The molecule has 0 saturated heterocycles. The molecular weight excluding hydrogens is 354 g/mol. The summed E-state index contributed by atoms with van der Waals surface area (Å²) in [4.78, 5) is 18.6. The van der Waals surface area contributed by atoms with E-state index in [9.17, 15) is 4.79 Å². The second-order valence-corrected chi connectivity index (χ2v) is 6.81. The second-order valence-electron chi connectivity index (χ2n) is 6.37. The number of amides is 2. The number of benzene rings is 1. The summed E-state index contributed by atoms with van der Waals surface area (Å²) in [6.45, 7) is 4.84. The number of nitrogens with one attached hydrogen (secondary N) is 1. The molecule has 2 amide bonds. The third kappa shape index (κ3) is 3.55. The van der Waals surface area contributed by atoms with Gasteiger partial charge in [-0.2, -0.15) is 0 Å². The lowest BCUT2D eigenvalue weighted by atomic mass is 10.1. The highest BCUT2D eigenvalue weighted by atomic mass is 35.5. The van der Waals surface area contributed by atoms with E-state index in [2.05, 4.69) is 10.3 Å². The highest BCUT2D eigenvalue weighted by Gasteiger charge is 2.21. The Morgan fingerprint density at radius 2 is 2.19 bits per heavy atom. The Balaban J connectivity index is 1.76. The highest BCUT2D eigenvalue weighted by Crippen LogP contribution is 2.36. The molecule has 0 radical (unpaired) electrons. The molecule has 0 aliphatic carbocycles. The summed E-state index contributed by atoms with van der Waals surface area (Å²) in [7, 11) is 3.35. The van der Waals surface area contributed by atoms with Gasteiger partial charge in [0, 0.05) is 41.4 Å². The third-order valence-corrected chi connectivity index (χ3v) is 4.69. The van der Waals surface area contributed by atoms with Crippen LogP contribution >= 0.6 is 11.6 Å². The first-order chi connectivity index (χ1) is 12.4. The van der Waals surface area contributed by atoms with E-state index in [1.807, 2.05) is 19.9 Å². The van der Waals surface area contributed by atoms with Crippen LogP contribution in [0.3, 0.4) is 0 Å². The van der Waals surface area contributed by atoms with E-state index in [-0.39, 0.29) is 6.03 Å². The van der Waals surface area contributed by atoms with Gasteiger partial charge in [0.05, 0.1) is 31.6 Å². The zero-order chi connectivity index (χ0) is 18.8. The van der Waals surface area contributed by atoms with Crippen LogP contribution in [-0.2, 0) is 13.0 Å². The van der Waals surface area contributed by atoms with Crippen LogP contribution in [-0.4, -0.2) is 36.7 Å². The van der Waals surface area contributed by atoms with Gasteiger partial charge in [0.2, 0.25) is 0 Å². The number of methoxy groups -OCH3 is 1. The number of anilines is 1. The number of halogens is 1. The molecule has 1 aliphatic heterocycles. The topological polar surface area (TPSA) is 63.7 Å². The van der Waals surface area contributed by atoms with E-state index in [4.69, 9.17) is 21.1 Å². The average Bonchev–Trinajstić information content (AvgIpc) is 3.06. The van der Waals surface area contributed by atoms with Crippen molar-refractivity contribution in [3.05, 3.63) is 45.7 Å². The number of nitrogens with zero attached hydrogens (tertiary/aromatic N) is 2. The second kappa shape index (κ2) is 7.41. The fourth-order valence-corrected chi connectivity index (χ4v) is 3.34. The van der Waals surface area contributed by atoms with Crippen LogP contribution in [0.5, 0.6) is 11.5 Å². The van der Waals surface area contributed by atoms with Gasteiger partial charge < -0.3 is 19.7 Å². The molecule has 26 heavy (non-hydrogen) atoms. The normalized spacial score (nSPS) is 12.3. The van der Waals surface area contributed by atoms with Crippen molar-refractivity contribution >= 4 is 23.3 Å². The molecule has 0 saturated carbocycles. The molecule has 0 atom stereocenters. The maximum absolute atomic E-state index is 12.6. The Morgan fingerprint density at radius 1 is 1.42 bits per heavy atom. The van der Waals surface area contributed by atoms with Crippen LogP contribution < -0.4 is 14.8 Å². The van der Waals surface area contributed by atoms with E-state index in [0.717, 1.165) is 34.6 Å². The number of aryl methyl sites for hydroxylation is 1. The van der Waals surface area contributed by atoms with Crippen molar-refractivity contribution in [2.24, 2.45) is 0 Å². The molecule has 1 aromatic heterocycles. The van der Waals surface area contributed by atoms with Gasteiger partial charge in [-0.1, -0.05) is 11.6 Å². The first-order valence-corrected chi connectivity index (χ1v) is 8.75. The van der Waals surface area contributed by atoms with Crippen LogP contribution in [0.2, 0.25) is 5.02 Å². The van der Waals surface area contributed by atoms with Gasteiger partial charge in [0.1, 0.15) is 11.5 Å². The molecule has 1 aromatic carbocycles. The average molecular weight is 376 g/mol. The lowest BCUT2D eigenvalue weighted by Crippen LogP contribution is -2.31. The molecule has 0 spiro atoms. The van der Waals surface area contributed by atoms with Crippen LogP contribution in [0.4, 0.5) is 10.5 Å². The predicted molar refractivity (Wildman–Crippen MR) is 101 cm³/mol. The molecule has 3 rings (SSSR count). The van der Waals surface area contributed by atoms with E-state index in [0.29, 0.717) is 29.6 Å². The monoisotopic (exact) mass is 375 g/mol. The molecule has 0 bridgehead atoms. The zero-order valence-corrected chi connectivity index (χ0v) is 16.1. The van der Waals surface area contributed by atoms with Crippen LogP contribution in [0.1, 0.15) is 22.4 Å². The molecule has 2 aromatic rings. The third-order valence-electron chi connectivity index (χ3n) is 4.47. The summed E-state index contributed by atoms with van der Waals surface area (Å²) in [5, 5.41) is 3.46. The van der Waals surface area contributed by atoms with Gasteiger partial charge in [-0.15, -0.1) is 0 Å². The Bertz CT molecular complexity index is 854. The number of rotatable bonds is 4. The summed E-state index contributed by atoms with van der Waals surface area (Å²) in [6.07, 6.45) is 2.55. The van der Waals surface area contributed by atoms with Gasteiger partial charge in [-0.25, -0.2) is 4.79 Å². The largest absolute Gasteiger partial charge is 0.496 e. The molecule has 0 fully saturated rings. The standard InChI is InChI=1S/C19H22ClN3O3/c1-11-9-21-16(12(2)17(11)25-4)10-23(3)19(24)22-15-8-14(20)7-13-5-6-26-18(13)15/h7-9H,5-6,10H2,1-4H3,(H,22,24). The number of carbonyl (C=O) groups is 1. The number of pyridine rings is 1. The fraction of sp³-hybridized carbons (Fsp3) is 0.368. The Kier molecular flexibility index (Phi) is 5.23. The summed E-state index contributed by atoms with van der Waals surface area (Å²) >= 11 is 6.15. The number of fused-ring (bicyclic) bond motifs is 1. The smallest absolute Gasteiger partial charge is 0.322 e. The number of hydrogen-bond acceptors (Lipinski definition) is 4. The van der Waals surface area contributed by atoms with Gasteiger partial charge in [0.25, 0.3) is 0 Å². The van der Waals surface area contributed by atoms with Gasteiger partial charge in [-0.05, 0) is 26.0 Å². The van der Waals surface area contributed by atoms with Crippen molar-refractivity contribution in [3.8, 4) is 11.5 Å². The van der Waals surface area contributed by atoms with Crippen molar-refractivity contribution in [2.45, 2.75) is 26.8 Å². The minimum Gasteiger partial charge on any atom is -0.496 e. The summed E-state index contributed by atoms with van der Waals surface area (Å²) < 4.78 is 11.1. The van der Waals surface area contributed by atoms with Gasteiger partial charge >= 0.3 is 6.03 Å². The molecule has 1 N–H and O–H groups in total. The molecule has 2 heterocycles. The zero-order valence-electron chi connectivity index (χ0n) is 15.4. The van der Waals surface area contributed by atoms with Crippen molar-refractivity contribution < 1.29 is 14.3 Å². The van der Waals surface area contributed by atoms with Gasteiger partial charge in [0.15, 0.2) is 0 Å². The lowest BCUT2D eigenvalue weighted by molar-refractivity contribution is 0.220. The lowest BCUT2D eigenvalue weighted by Gasteiger charge is -2.20. The van der Waals surface area contributed by atoms with Crippen molar-refractivity contribution in [1.82, 2.24) is 9.88 Å². The van der Waals surface area contributed by atoms with Crippen LogP contribution in [0, 0.1) is 13.8 Å². The summed E-state index contributed by atoms with van der Waals surface area (Å²) in [5.41, 5.74) is 4.29. The Morgan fingerprint density at radius 3 is 2.92 bits per heavy atom. The van der Waals surface area contributed by atoms with Crippen LogP contribution in [0.15, 0.2) is 18.3 Å². The Hall–Kier alpha value is -2.47. The highest BCUT2D eigenvalue weighted by molar-refractivity contribution is 6.31. The number of aromatic nitrogens is 1. The van der Waals surface area contributed by atoms with E-state index in [1.54, 1.807) is 31.3 Å². The first-order valence-electron chi connectivity index (χ1n) is 8.37. The maximum Gasteiger partial charge on any atom is 0.322 e. The Labute approximate surface area is 158 Å². The fourth-order valence-electron chi connectivity index (χ4n) is 3.10. The first kappa shape index (κ1) is 18.3. The number of carbonyl (C=O) groups excluding carboxylic acids is 1. The maximum atomic E-state index is 12.6. The molecule has 1 aliphatic rings. The van der Waals surface area contributed by atoms with Crippen molar-refractivity contribution in [3.63, 3.8) is 0 Å². The number of ether oxygens (including phenoxy) is 2. The van der Waals surface area contributed by atoms with E-state index < -0.39 is 0 Å². The summed E-state index contributed by atoms with van der Waals surface area (Å²) in [5.74, 6) is 1.49. The SMILES string of the molecule is COc1c(C)cnc(CN(C)C(=O)Nc2cc(Cl)cc3c2OCC3)c1C. The van der Waals surface area contributed by atoms with Crippen LogP contribution in [0.25, 0.3) is 0 Å².